The number of carboxylic acids is 1. The van der Waals surface area contributed by atoms with Gasteiger partial charge in [0.25, 0.3) is 0 Å². The molecule has 1 unspecified atom stereocenters. The van der Waals surface area contributed by atoms with E-state index in [9.17, 15) is 4.79 Å². The third-order valence-corrected chi connectivity index (χ3v) is 2.62. The largest absolute Gasteiger partial charge is 0.480 e. The molecule has 76 valence electrons. The summed E-state index contributed by atoms with van der Waals surface area (Å²) in [6, 6.07) is 8.90. The van der Waals surface area contributed by atoms with Crippen molar-refractivity contribution >= 4 is 11.7 Å². The summed E-state index contributed by atoms with van der Waals surface area (Å²) in [6.45, 7) is 0.119. The van der Waals surface area contributed by atoms with Gasteiger partial charge in [-0.25, -0.2) is 4.79 Å². The summed E-state index contributed by atoms with van der Waals surface area (Å²) >= 11 is 0. The molecule has 0 saturated heterocycles. The number of rotatable bonds is 2. The van der Waals surface area contributed by atoms with Crippen molar-refractivity contribution in [2.75, 3.05) is 11.4 Å². The molecule has 0 saturated carbocycles. The van der Waals surface area contributed by atoms with Crippen molar-refractivity contribution in [3.63, 3.8) is 0 Å². The van der Waals surface area contributed by atoms with Crippen molar-refractivity contribution in [3.05, 3.63) is 29.8 Å². The van der Waals surface area contributed by atoms with Gasteiger partial charge in [-0.1, -0.05) is 18.2 Å². The zero-order chi connectivity index (χ0) is 10.8. The van der Waals surface area contributed by atoms with Crippen LogP contribution >= 0.6 is 0 Å². The molecule has 4 heteroatoms. The highest BCUT2D eigenvalue weighted by atomic mass is 16.4. The molecule has 1 atom stereocenters. The van der Waals surface area contributed by atoms with Crippen LogP contribution in [0.5, 0.6) is 0 Å². The van der Waals surface area contributed by atoms with Crippen molar-refractivity contribution in [3.8, 4) is 6.07 Å². The Labute approximate surface area is 87.4 Å². The number of anilines is 1. The second kappa shape index (κ2) is 3.62. The maximum atomic E-state index is 11.0. The van der Waals surface area contributed by atoms with E-state index in [1.165, 1.54) is 0 Å². The van der Waals surface area contributed by atoms with Crippen LogP contribution < -0.4 is 4.90 Å². The molecule has 1 aliphatic rings. The predicted molar refractivity (Wildman–Crippen MR) is 54.5 cm³/mol. The van der Waals surface area contributed by atoms with Crippen molar-refractivity contribution in [1.29, 1.82) is 5.26 Å². The number of para-hydroxylation sites is 1. The molecule has 1 heterocycles. The Hall–Kier alpha value is -2.02. The predicted octanol–water partition coefficient (Wildman–Crippen LogP) is 1.03. The molecule has 15 heavy (non-hydrogen) atoms. The molecular weight excluding hydrogens is 192 g/mol. The number of hydrogen-bond acceptors (Lipinski definition) is 3. The molecule has 0 aliphatic carbocycles. The molecule has 1 N–H and O–H groups in total. The minimum Gasteiger partial charge on any atom is -0.480 e. The van der Waals surface area contributed by atoms with E-state index in [1.807, 2.05) is 30.3 Å². The Bertz CT molecular complexity index is 436. The van der Waals surface area contributed by atoms with Gasteiger partial charge in [0.15, 0.2) is 0 Å². The lowest BCUT2D eigenvalue weighted by Gasteiger charge is -2.20. The highest BCUT2D eigenvalue weighted by Crippen LogP contribution is 2.31. The van der Waals surface area contributed by atoms with Gasteiger partial charge in [-0.15, -0.1) is 0 Å². The van der Waals surface area contributed by atoms with E-state index in [2.05, 4.69) is 0 Å². The first-order valence-electron chi connectivity index (χ1n) is 4.68. The number of fused-ring (bicyclic) bond motifs is 1. The van der Waals surface area contributed by atoms with E-state index >= 15 is 0 Å². The Balaban J connectivity index is 2.38. The monoisotopic (exact) mass is 202 g/mol. The normalized spacial score (nSPS) is 18.3. The van der Waals surface area contributed by atoms with Gasteiger partial charge in [-0.05, 0) is 11.6 Å². The molecule has 4 nitrogen and oxygen atoms in total. The molecule has 0 amide bonds. The van der Waals surface area contributed by atoms with E-state index in [0.717, 1.165) is 11.3 Å². The third-order valence-electron chi connectivity index (χ3n) is 2.62. The smallest absolute Gasteiger partial charge is 0.326 e. The van der Waals surface area contributed by atoms with Gasteiger partial charge in [0, 0.05) is 12.1 Å². The number of carbonyl (C=O) groups is 1. The Kier molecular flexibility index (Phi) is 2.30. The van der Waals surface area contributed by atoms with Crippen molar-refractivity contribution in [2.45, 2.75) is 12.5 Å². The van der Waals surface area contributed by atoms with Gasteiger partial charge in [0.05, 0.1) is 6.07 Å². The summed E-state index contributed by atoms with van der Waals surface area (Å²) in [5, 5.41) is 17.7. The average Bonchev–Trinajstić information content (AvgIpc) is 2.58. The van der Waals surface area contributed by atoms with Gasteiger partial charge in [0.1, 0.15) is 12.6 Å². The number of aliphatic carboxylic acids is 1. The van der Waals surface area contributed by atoms with E-state index in [-0.39, 0.29) is 6.54 Å². The maximum absolute atomic E-state index is 11.0. The summed E-state index contributed by atoms with van der Waals surface area (Å²) in [5.74, 6) is -0.874. The molecule has 0 bridgehead atoms. The minimum atomic E-state index is -0.874. The van der Waals surface area contributed by atoms with Crippen LogP contribution in [0, 0.1) is 11.3 Å². The third kappa shape index (κ3) is 1.52. The van der Waals surface area contributed by atoms with Crippen LogP contribution in [-0.2, 0) is 11.2 Å². The Morgan fingerprint density at radius 2 is 2.33 bits per heavy atom. The fraction of sp³-hybridized carbons (Fsp3) is 0.273. The van der Waals surface area contributed by atoms with Gasteiger partial charge in [0.2, 0.25) is 0 Å². The summed E-state index contributed by atoms with van der Waals surface area (Å²) in [6.07, 6.45) is 0.479. The van der Waals surface area contributed by atoms with E-state index in [0.29, 0.717) is 6.42 Å². The lowest BCUT2D eigenvalue weighted by Crippen LogP contribution is -2.38. The molecule has 0 aromatic heterocycles. The highest BCUT2D eigenvalue weighted by molar-refractivity contribution is 5.82. The summed E-state index contributed by atoms with van der Waals surface area (Å²) in [4.78, 5) is 12.6. The first kappa shape index (κ1) is 9.53. The molecule has 1 aliphatic heterocycles. The van der Waals surface area contributed by atoms with Gasteiger partial charge >= 0.3 is 5.97 Å². The SMILES string of the molecule is N#CCN1c2ccccc2CC1C(=O)O. The van der Waals surface area contributed by atoms with Crippen LogP contribution in [0.25, 0.3) is 0 Å². The number of nitriles is 1. The van der Waals surface area contributed by atoms with Crippen LogP contribution in [0.3, 0.4) is 0 Å². The number of carboxylic acid groups (broad SMARTS) is 1. The lowest BCUT2D eigenvalue weighted by atomic mass is 10.1. The molecule has 1 aromatic rings. The Morgan fingerprint density at radius 1 is 1.60 bits per heavy atom. The summed E-state index contributed by atoms with van der Waals surface area (Å²) < 4.78 is 0. The average molecular weight is 202 g/mol. The number of nitrogens with zero attached hydrogens (tertiary/aromatic N) is 2. The van der Waals surface area contributed by atoms with Crippen molar-refractivity contribution in [1.82, 2.24) is 0 Å². The minimum absolute atomic E-state index is 0.119. The first-order chi connectivity index (χ1) is 7.24. The van der Waals surface area contributed by atoms with Crippen LogP contribution in [-0.4, -0.2) is 23.7 Å². The zero-order valence-electron chi connectivity index (χ0n) is 8.05. The van der Waals surface area contributed by atoms with Crippen molar-refractivity contribution < 1.29 is 9.90 Å². The molecule has 0 radical (unpaired) electrons. The number of hydrogen-bond donors (Lipinski definition) is 1. The molecule has 0 fully saturated rings. The van der Waals surface area contributed by atoms with Crippen LogP contribution in [0.2, 0.25) is 0 Å². The second-order valence-electron chi connectivity index (χ2n) is 3.47. The van der Waals surface area contributed by atoms with Crippen LogP contribution in [0.1, 0.15) is 5.56 Å². The molecular formula is C11H10N2O2. The fourth-order valence-corrected chi connectivity index (χ4v) is 1.94. The summed E-state index contributed by atoms with van der Waals surface area (Å²) in [5.41, 5.74) is 1.87. The van der Waals surface area contributed by atoms with E-state index in [4.69, 9.17) is 10.4 Å². The van der Waals surface area contributed by atoms with E-state index < -0.39 is 12.0 Å². The van der Waals surface area contributed by atoms with Crippen LogP contribution in [0.15, 0.2) is 24.3 Å². The lowest BCUT2D eigenvalue weighted by molar-refractivity contribution is -0.138. The Morgan fingerprint density at radius 3 is 3.00 bits per heavy atom. The van der Waals surface area contributed by atoms with Gasteiger partial charge in [-0.3, -0.25) is 0 Å². The van der Waals surface area contributed by atoms with Crippen LogP contribution in [0.4, 0.5) is 5.69 Å². The second-order valence-corrected chi connectivity index (χ2v) is 3.47. The fourth-order valence-electron chi connectivity index (χ4n) is 1.94. The molecule has 0 spiro atoms. The topological polar surface area (TPSA) is 64.3 Å². The standard InChI is InChI=1S/C11H10N2O2/c12-5-6-13-9-4-2-1-3-8(9)7-10(13)11(14)15/h1-4,10H,6-7H2,(H,14,15). The van der Waals surface area contributed by atoms with Crippen molar-refractivity contribution in [2.24, 2.45) is 0 Å². The quantitative estimate of drug-likeness (QED) is 0.727. The first-order valence-corrected chi connectivity index (χ1v) is 4.68. The highest BCUT2D eigenvalue weighted by Gasteiger charge is 2.33. The number of benzene rings is 1. The molecule has 1 aromatic carbocycles. The summed E-state index contributed by atoms with van der Waals surface area (Å²) in [7, 11) is 0. The maximum Gasteiger partial charge on any atom is 0.326 e. The van der Waals surface area contributed by atoms with Gasteiger partial charge in [-0.2, -0.15) is 5.26 Å². The molecule has 2 rings (SSSR count). The van der Waals surface area contributed by atoms with E-state index in [1.54, 1.807) is 4.90 Å². The zero-order valence-corrected chi connectivity index (χ0v) is 8.05. The van der Waals surface area contributed by atoms with Gasteiger partial charge < -0.3 is 10.0 Å².